The monoisotopic (exact) mass is 413 g/mol. The molecule has 3 heterocycles. The molecule has 2 aliphatic heterocycles. The number of aliphatic imine (C=N–C) groups is 1. The molecule has 0 radical (unpaired) electrons. The van der Waals surface area contributed by atoms with E-state index >= 15 is 0 Å². The van der Waals surface area contributed by atoms with Crippen LogP contribution in [-0.4, -0.2) is 34.4 Å². The minimum atomic E-state index is -4.74. The van der Waals surface area contributed by atoms with E-state index in [2.05, 4.69) is 14.8 Å². The zero-order valence-corrected chi connectivity index (χ0v) is 15.8. The fraction of sp³-hybridized carbons (Fsp3) is 0.444. The van der Waals surface area contributed by atoms with Crippen molar-refractivity contribution >= 4 is 22.6 Å². The molecular formula is C18H18F3N3O3S. The molecule has 2 aromatic rings. The lowest BCUT2D eigenvalue weighted by Crippen LogP contribution is -2.21. The number of benzene rings is 1. The quantitative estimate of drug-likeness (QED) is 0.814. The molecule has 4 rings (SSSR count). The summed E-state index contributed by atoms with van der Waals surface area (Å²) in [7, 11) is 0. The molecule has 28 heavy (non-hydrogen) atoms. The van der Waals surface area contributed by atoms with Crippen LogP contribution in [0.5, 0.6) is 5.75 Å². The molecule has 1 aromatic carbocycles. The van der Waals surface area contributed by atoms with Gasteiger partial charge in [-0.3, -0.25) is 14.6 Å². The average Bonchev–Trinajstić information content (AvgIpc) is 2.98. The van der Waals surface area contributed by atoms with Gasteiger partial charge in [-0.05, 0) is 37.5 Å². The third-order valence-electron chi connectivity index (χ3n) is 4.72. The molecule has 10 heteroatoms. The number of nitrogens with one attached hydrogen (secondary N) is 1. The Labute approximate surface area is 162 Å². The first-order valence-corrected chi connectivity index (χ1v) is 9.69. The van der Waals surface area contributed by atoms with Gasteiger partial charge in [0.15, 0.2) is 5.82 Å². The van der Waals surface area contributed by atoms with Crippen LogP contribution in [0.3, 0.4) is 0 Å². The molecule has 0 aliphatic carbocycles. The zero-order valence-electron chi connectivity index (χ0n) is 15.0. The highest BCUT2D eigenvalue weighted by atomic mass is 32.2. The highest BCUT2D eigenvalue weighted by molar-refractivity contribution is 8.14. The highest BCUT2D eigenvalue weighted by Gasteiger charge is 2.33. The summed E-state index contributed by atoms with van der Waals surface area (Å²) in [6.45, 7) is 3.11. The van der Waals surface area contributed by atoms with E-state index in [4.69, 9.17) is 4.74 Å². The van der Waals surface area contributed by atoms with E-state index < -0.39 is 6.36 Å². The Morgan fingerprint density at radius 1 is 1.25 bits per heavy atom. The molecule has 0 spiro atoms. The van der Waals surface area contributed by atoms with Crippen molar-refractivity contribution in [3.8, 4) is 5.75 Å². The Kier molecular flexibility index (Phi) is 5.00. The number of aromatic nitrogens is 2. The molecule has 0 amide bonds. The Hall–Kier alpha value is -2.20. The summed E-state index contributed by atoms with van der Waals surface area (Å²) >= 11 is 1.40. The number of alkyl halides is 3. The maximum Gasteiger partial charge on any atom is 0.573 e. The summed E-state index contributed by atoms with van der Waals surface area (Å²) in [6.07, 6.45) is -3.17. The maximum absolute atomic E-state index is 12.7. The molecule has 1 aromatic heterocycles. The predicted octanol–water partition coefficient (Wildman–Crippen LogP) is 4.31. The van der Waals surface area contributed by atoms with E-state index in [1.165, 1.54) is 23.9 Å². The first-order chi connectivity index (χ1) is 13.3. The molecule has 1 N–H and O–H groups in total. The fourth-order valence-electron chi connectivity index (χ4n) is 3.50. The third-order valence-corrected chi connectivity index (χ3v) is 5.90. The van der Waals surface area contributed by atoms with Crippen LogP contribution in [0.25, 0.3) is 0 Å². The largest absolute Gasteiger partial charge is 0.573 e. The third kappa shape index (κ3) is 3.83. The summed E-state index contributed by atoms with van der Waals surface area (Å²) in [6, 6.07) is 5.72. The number of hydrogen-bond acceptors (Lipinski definition) is 5. The van der Waals surface area contributed by atoms with Gasteiger partial charge in [-0.1, -0.05) is 23.9 Å². The number of fused-ring (bicyclic) bond motifs is 1. The lowest BCUT2D eigenvalue weighted by molar-refractivity contribution is -0.274. The first-order valence-electron chi connectivity index (χ1n) is 8.81. The van der Waals surface area contributed by atoms with Crippen LogP contribution in [-0.2, 0) is 4.74 Å². The van der Waals surface area contributed by atoms with Gasteiger partial charge >= 0.3 is 6.36 Å². The number of thioether (sulfide) groups is 1. The Morgan fingerprint density at radius 3 is 2.57 bits per heavy atom. The molecule has 2 aliphatic rings. The standard InChI is InChI=1S/C18H18F3N3O3S/c1-10-22-16-14(17(25)23-24(16)12-6-8-26-9-7-12)15(28-10)11-2-4-13(5-3-11)27-18(19,20)21/h2-5,12,15H,6-9H2,1H3,(H,23,25)/t15-/m0/s1. The Bertz CT molecular complexity index is 944. The first kappa shape index (κ1) is 19.1. The Morgan fingerprint density at radius 2 is 1.93 bits per heavy atom. The molecule has 1 fully saturated rings. The van der Waals surface area contributed by atoms with Crippen molar-refractivity contribution in [3.63, 3.8) is 0 Å². The fourth-order valence-corrected chi connectivity index (χ4v) is 4.60. The van der Waals surface area contributed by atoms with Gasteiger partial charge < -0.3 is 9.47 Å². The van der Waals surface area contributed by atoms with Crippen LogP contribution < -0.4 is 10.3 Å². The van der Waals surface area contributed by atoms with E-state index in [1.54, 1.807) is 12.1 Å². The molecular weight excluding hydrogens is 395 g/mol. The molecule has 1 atom stereocenters. The van der Waals surface area contributed by atoms with Crippen molar-refractivity contribution in [2.24, 2.45) is 4.99 Å². The second kappa shape index (κ2) is 7.32. The predicted molar refractivity (Wildman–Crippen MR) is 99.5 cm³/mol. The number of rotatable bonds is 3. The molecule has 0 bridgehead atoms. The van der Waals surface area contributed by atoms with Crippen molar-refractivity contribution in [1.82, 2.24) is 9.78 Å². The Balaban J connectivity index is 1.69. The minimum absolute atomic E-state index is 0.105. The number of hydrogen-bond donors (Lipinski definition) is 1. The van der Waals surface area contributed by atoms with Gasteiger partial charge in [-0.25, -0.2) is 4.99 Å². The van der Waals surface area contributed by atoms with E-state index in [1.807, 2.05) is 11.6 Å². The molecule has 1 saturated heterocycles. The van der Waals surface area contributed by atoms with E-state index in [0.29, 0.717) is 30.2 Å². The summed E-state index contributed by atoms with van der Waals surface area (Å²) in [4.78, 5) is 17.3. The number of aromatic amines is 1. The smallest absolute Gasteiger partial charge is 0.406 e. The zero-order chi connectivity index (χ0) is 19.9. The average molecular weight is 413 g/mol. The topological polar surface area (TPSA) is 68.6 Å². The van der Waals surface area contributed by atoms with Crippen molar-refractivity contribution in [2.45, 2.75) is 37.4 Å². The molecule has 150 valence electrons. The van der Waals surface area contributed by atoms with Crippen LogP contribution in [0, 0.1) is 0 Å². The second-order valence-corrected chi connectivity index (χ2v) is 7.94. The van der Waals surface area contributed by atoms with Gasteiger partial charge in [-0.15, -0.1) is 13.2 Å². The minimum Gasteiger partial charge on any atom is -0.406 e. The van der Waals surface area contributed by atoms with Crippen LogP contribution in [0.4, 0.5) is 19.0 Å². The van der Waals surface area contributed by atoms with Crippen molar-refractivity contribution in [3.05, 3.63) is 45.7 Å². The summed E-state index contributed by atoms with van der Waals surface area (Å²) in [5, 5.41) is 3.33. The van der Waals surface area contributed by atoms with Crippen LogP contribution in [0.1, 0.15) is 42.2 Å². The van der Waals surface area contributed by atoms with Gasteiger partial charge in [0.2, 0.25) is 0 Å². The van der Waals surface area contributed by atoms with Gasteiger partial charge in [-0.2, -0.15) is 0 Å². The van der Waals surface area contributed by atoms with Crippen molar-refractivity contribution in [1.29, 1.82) is 0 Å². The summed E-state index contributed by atoms with van der Waals surface area (Å²) in [5.74, 6) is 0.296. The normalized spacial score (nSPS) is 20.6. The van der Waals surface area contributed by atoms with Crippen LogP contribution >= 0.6 is 11.8 Å². The maximum atomic E-state index is 12.7. The van der Waals surface area contributed by atoms with Crippen molar-refractivity contribution in [2.75, 3.05) is 13.2 Å². The van der Waals surface area contributed by atoms with E-state index in [0.717, 1.165) is 17.9 Å². The highest BCUT2D eigenvalue weighted by Crippen LogP contribution is 2.45. The number of H-pyrrole nitrogens is 1. The number of halogens is 3. The van der Waals surface area contributed by atoms with Crippen LogP contribution in [0.15, 0.2) is 34.1 Å². The van der Waals surface area contributed by atoms with Gasteiger partial charge in [0.05, 0.1) is 21.9 Å². The van der Waals surface area contributed by atoms with E-state index in [9.17, 15) is 18.0 Å². The number of nitrogens with zero attached hydrogens (tertiary/aromatic N) is 2. The number of ether oxygens (including phenoxy) is 2. The molecule has 0 saturated carbocycles. The van der Waals surface area contributed by atoms with Crippen molar-refractivity contribution < 1.29 is 22.6 Å². The lowest BCUT2D eigenvalue weighted by Gasteiger charge is -2.26. The van der Waals surface area contributed by atoms with E-state index in [-0.39, 0.29) is 22.6 Å². The van der Waals surface area contributed by atoms with Crippen LogP contribution in [0.2, 0.25) is 0 Å². The summed E-state index contributed by atoms with van der Waals surface area (Å²) < 4.78 is 48.3. The van der Waals surface area contributed by atoms with Gasteiger partial charge in [0.1, 0.15) is 5.75 Å². The van der Waals surface area contributed by atoms with Gasteiger partial charge in [0, 0.05) is 13.2 Å². The van der Waals surface area contributed by atoms with Gasteiger partial charge in [0.25, 0.3) is 5.56 Å². The molecule has 0 unspecified atom stereocenters. The second-order valence-electron chi connectivity index (χ2n) is 6.64. The summed E-state index contributed by atoms with van der Waals surface area (Å²) in [5.41, 5.74) is 1.00. The lowest BCUT2D eigenvalue weighted by atomic mass is 10.1. The SMILES string of the molecule is CC1=Nc2c(c(=O)[nH]n2C2CCOCC2)[C@H](c2ccc(OC(F)(F)F)cc2)S1. The molecule has 6 nitrogen and oxygen atoms in total.